The predicted molar refractivity (Wildman–Crippen MR) is 88.5 cm³/mol. The summed E-state index contributed by atoms with van der Waals surface area (Å²) in [5, 5.41) is 6.47. The molecule has 2 fully saturated rings. The number of nitrogens with one attached hydrogen (secondary N) is 2. The van der Waals surface area contributed by atoms with Gasteiger partial charge < -0.3 is 10.6 Å². The van der Waals surface area contributed by atoms with Gasteiger partial charge in [0.2, 0.25) is 5.91 Å². The van der Waals surface area contributed by atoms with Gasteiger partial charge in [-0.15, -0.1) is 0 Å². The Balaban J connectivity index is 1.59. The Morgan fingerprint density at radius 3 is 3.14 bits per heavy atom. The number of carbonyl (C=O) groups is 1. The lowest BCUT2D eigenvalue weighted by Gasteiger charge is -2.36. The zero-order chi connectivity index (χ0) is 14.8. The van der Waals surface area contributed by atoms with Gasteiger partial charge in [0.05, 0.1) is 6.54 Å². The summed E-state index contributed by atoms with van der Waals surface area (Å²) >= 11 is 3.48. The van der Waals surface area contributed by atoms with Crippen molar-refractivity contribution in [2.24, 2.45) is 5.92 Å². The third-order valence-electron chi connectivity index (χ3n) is 4.58. The SMILES string of the molecule is Cc1cc(NC(=O)CN2CCCC3CNCC32)ccc1Br. The van der Waals surface area contributed by atoms with Crippen molar-refractivity contribution in [2.45, 2.75) is 25.8 Å². The summed E-state index contributed by atoms with van der Waals surface area (Å²) in [6, 6.07) is 6.45. The molecular formula is C16H22BrN3O. The van der Waals surface area contributed by atoms with Crippen LogP contribution in [-0.4, -0.2) is 43.0 Å². The Bertz CT molecular complexity index is 534. The van der Waals surface area contributed by atoms with Gasteiger partial charge in [-0.05, 0) is 62.5 Å². The number of rotatable bonds is 3. The Kier molecular flexibility index (Phi) is 4.62. The van der Waals surface area contributed by atoms with Crippen molar-refractivity contribution < 1.29 is 4.79 Å². The molecule has 2 aliphatic rings. The number of amides is 1. The number of hydrogen-bond donors (Lipinski definition) is 2. The fraction of sp³-hybridized carbons (Fsp3) is 0.562. The highest BCUT2D eigenvalue weighted by atomic mass is 79.9. The van der Waals surface area contributed by atoms with E-state index in [1.165, 1.54) is 12.8 Å². The third kappa shape index (κ3) is 3.47. The van der Waals surface area contributed by atoms with Crippen LogP contribution in [0.3, 0.4) is 0 Å². The first-order chi connectivity index (χ1) is 10.1. The van der Waals surface area contributed by atoms with E-state index in [0.29, 0.717) is 12.6 Å². The van der Waals surface area contributed by atoms with Crippen molar-refractivity contribution in [3.8, 4) is 0 Å². The number of aryl methyl sites for hydroxylation is 1. The normalized spacial score (nSPS) is 25.6. The number of hydrogen-bond acceptors (Lipinski definition) is 3. The second-order valence-corrected chi connectivity index (χ2v) is 6.96. The summed E-state index contributed by atoms with van der Waals surface area (Å²) in [5.74, 6) is 0.811. The zero-order valence-electron chi connectivity index (χ0n) is 12.4. The Morgan fingerprint density at radius 2 is 2.33 bits per heavy atom. The molecule has 3 rings (SSSR count). The summed E-state index contributed by atoms with van der Waals surface area (Å²) in [4.78, 5) is 14.6. The van der Waals surface area contributed by atoms with E-state index < -0.39 is 0 Å². The molecule has 2 atom stereocenters. The van der Waals surface area contributed by atoms with Gasteiger partial charge in [-0.3, -0.25) is 9.69 Å². The first-order valence-electron chi connectivity index (χ1n) is 7.64. The predicted octanol–water partition coefficient (Wildman–Crippen LogP) is 2.38. The lowest BCUT2D eigenvalue weighted by atomic mass is 9.92. The standard InChI is InChI=1S/C16H22BrN3O/c1-11-7-13(4-5-14(11)17)19-16(21)10-20-6-2-3-12-8-18-9-15(12)20/h4-5,7,12,15,18H,2-3,6,8-10H2,1H3,(H,19,21). The molecule has 1 amide bonds. The molecule has 2 saturated heterocycles. The van der Waals surface area contributed by atoms with Crippen molar-refractivity contribution in [1.29, 1.82) is 0 Å². The highest BCUT2D eigenvalue weighted by molar-refractivity contribution is 9.10. The molecule has 0 saturated carbocycles. The van der Waals surface area contributed by atoms with Gasteiger partial charge in [-0.25, -0.2) is 0 Å². The fourth-order valence-electron chi connectivity index (χ4n) is 3.47. The van der Waals surface area contributed by atoms with Crippen molar-refractivity contribution >= 4 is 27.5 Å². The van der Waals surface area contributed by atoms with Crippen LogP contribution in [0, 0.1) is 12.8 Å². The monoisotopic (exact) mass is 351 g/mol. The van der Waals surface area contributed by atoms with E-state index in [9.17, 15) is 4.79 Å². The Hall–Kier alpha value is -0.910. The molecule has 0 aliphatic carbocycles. The highest BCUT2D eigenvalue weighted by Crippen LogP contribution is 2.26. The molecule has 0 aromatic heterocycles. The van der Waals surface area contributed by atoms with Crippen LogP contribution in [0.1, 0.15) is 18.4 Å². The molecule has 4 nitrogen and oxygen atoms in total. The van der Waals surface area contributed by atoms with Crippen LogP contribution in [0.25, 0.3) is 0 Å². The number of anilines is 1. The van der Waals surface area contributed by atoms with Gasteiger partial charge in [0.25, 0.3) is 0 Å². The molecule has 2 N–H and O–H groups in total. The van der Waals surface area contributed by atoms with Crippen LogP contribution in [0.2, 0.25) is 0 Å². The lowest BCUT2D eigenvalue weighted by Crippen LogP contribution is -2.48. The smallest absolute Gasteiger partial charge is 0.238 e. The Labute approximate surface area is 134 Å². The molecule has 2 aliphatic heterocycles. The largest absolute Gasteiger partial charge is 0.325 e. The third-order valence-corrected chi connectivity index (χ3v) is 5.47. The minimum absolute atomic E-state index is 0.0873. The highest BCUT2D eigenvalue weighted by Gasteiger charge is 2.35. The van der Waals surface area contributed by atoms with E-state index in [-0.39, 0.29) is 5.91 Å². The van der Waals surface area contributed by atoms with Gasteiger partial charge in [-0.1, -0.05) is 15.9 Å². The maximum absolute atomic E-state index is 12.3. The minimum Gasteiger partial charge on any atom is -0.325 e. The van der Waals surface area contributed by atoms with Crippen LogP contribution in [0.15, 0.2) is 22.7 Å². The maximum atomic E-state index is 12.3. The molecule has 2 heterocycles. The van der Waals surface area contributed by atoms with Crippen molar-refractivity contribution in [3.05, 3.63) is 28.2 Å². The molecule has 1 aromatic rings. The van der Waals surface area contributed by atoms with Crippen LogP contribution < -0.4 is 10.6 Å². The molecule has 0 spiro atoms. The second kappa shape index (κ2) is 6.46. The van der Waals surface area contributed by atoms with Crippen molar-refractivity contribution in [1.82, 2.24) is 10.2 Å². The molecule has 5 heteroatoms. The summed E-state index contributed by atoms with van der Waals surface area (Å²) in [7, 11) is 0. The van der Waals surface area contributed by atoms with E-state index in [0.717, 1.165) is 41.3 Å². The number of carbonyl (C=O) groups excluding carboxylic acids is 1. The molecule has 21 heavy (non-hydrogen) atoms. The summed E-state index contributed by atoms with van der Waals surface area (Å²) in [6.45, 7) is 5.69. The molecule has 0 radical (unpaired) electrons. The number of nitrogens with zero attached hydrogens (tertiary/aromatic N) is 1. The number of fused-ring (bicyclic) bond motifs is 1. The van der Waals surface area contributed by atoms with Crippen LogP contribution in [-0.2, 0) is 4.79 Å². The number of piperidine rings is 1. The average molecular weight is 352 g/mol. The maximum Gasteiger partial charge on any atom is 0.238 e. The summed E-state index contributed by atoms with van der Waals surface area (Å²) < 4.78 is 1.07. The van der Waals surface area contributed by atoms with Gasteiger partial charge in [0.15, 0.2) is 0 Å². The number of halogens is 1. The van der Waals surface area contributed by atoms with Crippen LogP contribution in [0.4, 0.5) is 5.69 Å². The molecule has 114 valence electrons. The quantitative estimate of drug-likeness (QED) is 0.878. The van der Waals surface area contributed by atoms with Gasteiger partial charge in [0, 0.05) is 22.7 Å². The first-order valence-corrected chi connectivity index (χ1v) is 8.43. The van der Waals surface area contributed by atoms with Crippen LogP contribution in [0.5, 0.6) is 0 Å². The Morgan fingerprint density at radius 1 is 1.48 bits per heavy atom. The van der Waals surface area contributed by atoms with E-state index >= 15 is 0 Å². The molecular weight excluding hydrogens is 330 g/mol. The van der Waals surface area contributed by atoms with E-state index in [4.69, 9.17) is 0 Å². The second-order valence-electron chi connectivity index (χ2n) is 6.11. The van der Waals surface area contributed by atoms with Gasteiger partial charge >= 0.3 is 0 Å². The van der Waals surface area contributed by atoms with Crippen molar-refractivity contribution in [2.75, 3.05) is 31.5 Å². The summed E-state index contributed by atoms with van der Waals surface area (Å²) in [6.07, 6.45) is 2.50. The van der Waals surface area contributed by atoms with E-state index in [1.807, 2.05) is 25.1 Å². The zero-order valence-corrected chi connectivity index (χ0v) is 13.9. The number of benzene rings is 1. The van der Waals surface area contributed by atoms with E-state index in [2.05, 4.69) is 31.5 Å². The van der Waals surface area contributed by atoms with Gasteiger partial charge in [0.1, 0.15) is 0 Å². The van der Waals surface area contributed by atoms with E-state index in [1.54, 1.807) is 0 Å². The van der Waals surface area contributed by atoms with Gasteiger partial charge in [-0.2, -0.15) is 0 Å². The van der Waals surface area contributed by atoms with Crippen LogP contribution >= 0.6 is 15.9 Å². The average Bonchev–Trinajstić information content (AvgIpc) is 2.92. The van der Waals surface area contributed by atoms with Crippen molar-refractivity contribution in [3.63, 3.8) is 0 Å². The minimum atomic E-state index is 0.0873. The molecule has 1 aromatic carbocycles. The molecule has 2 unspecified atom stereocenters. The summed E-state index contributed by atoms with van der Waals surface area (Å²) in [5.41, 5.74) is 2.00. The molecule has 0 bridgehead atoms. The number of likely N-dealkylation sites (tertiary alicyclic amines) is 1. The topological polar surface area (TPSA) is 44.4 Å². The first kappa shape index (κ1) is 15.0. The lowest BCUT2D eigenvalue weighted by molar-refractivity contribution is -0.118. The fourth-order valence-corrected chi connectivity index (χ4v) is 3.71.